The average molecular weight is 401 g/mol. The minimum absolute atomic E-state index is 0.0295. The van der Waals surface area contributed by atoms with E-state index in [9.17, 15) is 24.5 Å². The van der Waals surface area contributed by atoms with Gasteiger partial charge in [0.05, 0.1) is 4.92 Å². The van der Waals surface area contributed by atoms with Crippen molar-refractivity contribution in [2.45, 2.75) is 0 Å². The van der Waals surface area contributed by atoms with Gasteiger partial charge in [-0.15, -0.1) is 0 Å². The highest BCUT2D eigenvalue weighted by atomic mass is 35.5. The lowest BCUT2D eigenvalue weighted by Gasteiger charge is -2.12. The lowest BCUT2D eigenvalue weighted by Crippen LogP contribution is -2.38. The number of carbonyl (C=O) groups is 3. The molecule has 0 atom stereocenters. The van der Waals surface area contributed by atoms with E-state index >= 15 is 0 Å². The van der Waals surface area contributed by atoms with E-state index in [1.54, 1.807) is 24.3 Å². The highest BCUT2D eigenvalue weighted by Gasteiger charge is 2.34. The molecule has 28 heavy (non-hydrogen) atoms. The number of carbonyl (C=O) groups excluding carboxylic acids is 3. The molecule has 0 aliphatic carbocycles. The van der Waals surface area contributed by atoms with Crippen LogP contribution in [0.5, 0.6) is 0 Å². The molecule has 0 radical (unpaired) electrons. The Labute approximate surface area is 163 Å². The van der Waals surface area contributed by atoms with Gasteiger partial charge in [-0.2, -0.15) is 0 Å². The summed E-state index contributed by atoms with van der Waals surface area (Å²) < 4.78 is 0. The van der Waals surface area contributed by atoms with Crippen LogP contribution in [0.25, 0.3) is 6.08 Å². The molecular formula is C18H13ClN4O5. The van der Waals surface area contributed by atoms with Gasteiger partial charge in [-0.05, 0) is 48.0 Å². The molecule has 1 heterocycles. The summed E-state index contributed by atoms with van der Waals surface area (Å²) in [5, 5.41) is 16.1. The van der Waals surface area contributed by atoms with Gasteiger partial charge in [-0.3, -0.25) is 19.7 Å². The third kappa shape index (κ3) is 4.33. The van der Waals surface area contributed by atoms with Crippen LogP contribution in [-0.2, 0) is 9.59 Å². The summed E-state index contributed by atoms with van der Waals surface area (Å²) >= 11 is 5.77. The molecule has 3 rings (SSSR count). The molecule has 2 aromatic carbocycles. The van der Waals surface area contributed by atoms with E-state index in [0.29, 0.717) is 16.3 Å². The molecule has 0 aromatic heterocycles. The summed E-state index contributed by atoms with van der Waals surface area (Å²) in [6, 6.07) is 11.1. The van der Waals surface area contributed by atoms with Crippen LogP contribution >= 0.6 is 11.6 Å². The number of hydrogen-bond acceptors (Lipinski definition) is 5. The minimum Gasteiger partial charge on any atom is -0.325 e. The number of nitrogens with zero attached hydrogens (tertiary/aromatic N) is 2. The summed E-state index contributed by atoms with van der Waals surface area (Å²) in [6.07, 6.45) is 1.38. The number of anilines is 1. The number of hydrogen-bond donors (Lipinski definition) is 2. The predicted octanol–water partition coefficient (Wildman–Crippen LogP) is 2.78. The van der Waals surface area contributed by atoms with Gasteiger partial charge in [0.25, 0.3) is 11.6 Å². The molecule has 1 aliphatic heterocycles. The Morgan fingerprint density at radius 2 is 1.79 bits per heavy atom. The van der Waals surface area contributed by atoms with Gasteiger partial charge in [0.15, 0.2) is 0 Å². The molecule has 2 N–H and O–H groups in total. The number of benzene rings is 2. The standard InChI is InChI=1S/C18H13ClN4O5/c19-12-3-5-13(6-4-12)20-16(24)10-22-17(25)15(21-18(22)26)9-11-1-7-14(8-2-11)23(27)28/h1-9H,10H2,(H,20,24)(H,21,26)/b15-9-. The van der Waals surface area contributed by atoms with E-state index in [2.05, 4.69) is 10.6 Å². The monoisotopic (exact) mass is 400 g/mol. The van der Waals surface area contributed by atoms with Crippen LogP contribution in [0.15, 0.2) is 54.2 Å². The van der Waals surface area contributed by atoms with Crippen molar-refractivity contribution in [3.05, 3.63) is 74.9 Å². The maximum Gasteiger partial charge on any atom is 0.329 e. The van der Waals surface area contributed by atoms with Gasteiger partial charge in [-0.1, -0.05) is 11.6 Å². The largest absolute Gasteiger partial charge is 0.329 e. The number of halogens is 1. The highest BCUT2D eigenvalue weighted by molar-refractivity contribution is 6.30. The van der Waals surface area contributed by atoms with Gasteiger partial charge in [-0.25, -0.2) is 9.69 Å². The van der Waals surface area contributed by atoms with Gasteiger partial charge in [0.2, 0.25) is 5.91 Å². The van der Waals surface area contributed by atoms with Crippen molar-refractivity contribution >= 4 is 46.9 Å². The van der Waals surface area contributed by atoms with Crippen molar-refractivity contribution in [3.63, 3.8) is 0 Å². The van der Waals surface area contributed by atoms with Crippen LogP contribution < -0.4 is 10.6 Å². The van der Waals surface area contributed by atoms with E-state index in [4.69, 9.17) is 11.6 Å². The molecule has 1 fully saturated rings. The van der Waals surface area contributed by atoms with Crippen LogP contribution in [0.3, 0.4) is 0 Å². The zero-order valence-corrected chi connectivity index (χ0v) is 15.0. The molecule has 1 aliphatic rings. The molecule has 0 spiro atoms. The van der Waals surface area contributed by atoms with Crippen molar-refractivity contribution in [3.8, 4) is 0 Å². The maximum atomic E-state index is 12.4. The number of nitro groups is 1. The second-order valence-corrected chi connectivity index (χ2v) is 6.22. The Kier molecular flexibility index (Phi) is 5.37. The van der Waals surface area contributed by atoms with Gasteiger partial charge >= 0.3 is 6.03 Å². The van der Waals surface area contributed by atoms with Gasteiger partial charge in [0.1, 0.15) is 12.2 Å². The van der Waals surface area contributed by atoms with Crippen molar-refractivity contribution < 1.29 is 19.3 Å². The Morgan fingerprint density at radius 3 is 2.39 bits per heavy atom. The number of rotatable bonds is 5. The number of nitro benzene ring substituents is 1. The summed E-state index contributed by atoms with van der Waals surface area (Å²) in [5.74, 6) is -1.22. The predicted molar refractivity (Wildman–Crippen MR) is 101 cm³/mol. The first-order valence-electron chi connectivity index (χ1n) is 7.98. The first-order valence-corrected chi connectivity index (χ1v) is 8.36. The Morgan fingerprint density at radius 1 is 1.14 bits per heavy atom. The highest BCUT2D eigenvalue weighted by Crippen LogP contribution is 2.18. The first kappa shape index (κ1) is 19.1. The number of amides is 4. The third-order valence-corrected chi connectivity index (χ3v) is 4.06. The van der Waals surface area contributed by atoms with Crippen LogP contribution in [0.2, 0.25) is 5.02 Å². The quantitative estimate of drug-likeness (QED) is 0.346. The van der Waals surface area contributed by atoms with Gasteiger partial charge in [0, 0.05) is 22.8 Å². The fourth-order valence-electron chi connectivity index (χ4n) is 2.45. The zero-order valence-electron chi connectivity index (χ0n) is 14.2. The van der Waals surface area contributed by atoms with Gasteiger partial charge < -0.3 is 10.6 Å². The smallest absolute Gasteiger partial charge is 0.325 e. The molecule has 4 amide bonds. The summed E-state index contributed by atoms with van der Waals surface area (Å²) in [6.45, 7) is -0.467. The number of nitrogens with one attached hydrogen (secondary N) is 2. The topological polar surface area (TPSA) is 122 Å². The fraction of sp³-hybridized carbons (Fsp3) is 0.0556. The van der Waals surface area contributed by atoms with Crippen molar-refractivity contribution in [1.82, 2.24) is 10.2 Å². The van der Waals surface area contributed by atoms with E-state index < -0.39 is 29.3 Å². The molecule has 0 bridgehead atoms. The van der Waals surface area contributed by atoms with E-state index in [1.165, 1.54) is 30.3 Å². The van der Waals surface area contributed by atoms with E-state index in [0.717, 1.165) is 4.90 Å². The minimum atomic E-state index is -0.732. The molecule has 0 saturated carbocycles. The summed E-state index contributed by atoms with van der Waals surface area (Å²) in [7, 11) is 0. The molecule has 142 valence electrons. The Bertz CT molecular complexity index is 986. The van der Waals surface area contributed by atoms with Crippen molar-refractivity contribution in [1.29, 1.82) is 0 Å². The molecule has 0 unspecified atom stereocenters. The maximum absolute atomic E-state index is 12.4. The Balaban J connectivity index is 1.68. The van der Waals surface area contributed by atoms with E-state index in [1.807, 2.05) is 0 Å². The lowest BCUT2D eigenvalue weighted by molar-refractivity contribution is -0.384. The molecule has 2 aromatic rings. The zero-order chi connectivity index (χ0) is 20.3. The van der Waals surface area contributed by atoms with Crippen LogP contribution in [0.1, 0.15) is 5.56 Å². The molecule has 10 heteroatoms. The third-order valence-electron chi connectivity index (χ3n) is 3.81. The second-order valence-electron chi connectivity index (χ2n) is 5.78. The average Bonchev–Trinajstić information content (AvgIpc) is 2.91. The summed E-state index contributed by atoms with van der Waals surface area (Å²) in [5.41, 5.74) is 0.840. The first-order chi connectivity index (χ1) is 13.3. The summed E-state index contributed by atoms with van der Waals surface area (Å²) in [4.78, 5) is 47.4. The van der Waals surface area contributed by atoms with Crippen molar-refractivity contribution in [2.75, 3.05) is 11.9 Å². The number of imide groups is 1. The normalized spacial score (nSPS) is 14.9. The van der Waals surface area contributed by atoms with E-state index in [-0.39, 0.29) is 11.4 Å². The van der Waals surface area contributed by atoms with Crippen LogP contribution in [0, 0.1) is 10.1 Å². The molecule has 1 saturated heterocycles. The lowest BCUT2D eigenvalue weighted by atomic mass is 10.1. The van der Waals surface area contributed by atoms with Crippen molar-refractivity contribution in [2.24, 2.45) is 0 Å². The fourth-order valence-corrected chi connectivity index (χ4v) is 2.58. The Hall–Kier alpha value is -3.72. The molecule has 9 nitrogen and oxygen atoms in total. The number of urea groups is 1. The number of non-ortho nitro benzene ring substituents is 1. The van der Waals surface area contributed by atoms with Crippen LogP contribution in [-0.4, -0.2) is 34.2 Å². The second kappa shape index (κ2) is 7.89. The molecular weight excluding hydrogens is 388 g/mol. The SMILES string of the molecule is O=C(CN1C(=O)N/C(=C\c2ccc([N+](=O)[O-])cc2)C1=O)Nc1ccc(Cl)cc1. The van der Waals surface area contributed by atoms with Crippen LogP contribution in [0.4, 0.5) is 16.2 Å².